The maximum atomic E-state index is 14.5. The molecule has 1 saturated heterocycles. The van der Waals surface area contributed by atoms with Gasteiger partial charge in [-0.15, -0.1) is 18.3 Å². The molecule has 2 heterocycles. The van der Waals surface area contributed by atoms with Gasteiger partial charge in [-0.25, -0.2) is 4.79 Å². The molecule has 1 saturated carbocycles. The lowest BCUT2D eigenvalue weighted by molar-refractivity contribution is -0.256. The molecule has 12 heteroatoms. The number of thioether (sulfide) groups is 1. The number of methoxy groups -OCH3 is 1. The number of hydrogen-bond donors (Lipinski definition) is 2. The van der Waals surface area contributed by atoms with Crippen LogP contribution in [0.5, 0.6) is 17.2 Å². The van der Waals surface area contributed by atoms with Crippen molar-refractivity contribution >= 4 is 34.3 Å². The van der Waals surface area contributed by atoms with Crippen LogP contribution >= 0.6 is 11.8 Å². The van der Waals surface area contributed by atoms with E-state index in [1.807, 2.05) is 60.7 Å². The molecule has 2 N–H and O–H groups in total. The Hall–Kier alpha value is -4.85. The first kappa shape index (κ1) is 45.7. The standard InChI is InChI=1S/C52H62N2O9S/c1-4-29-60-52-47(54(51(57)58-2)34-37-17-13-16-35-14-5-6-18-41(35)37)33-45(53-63-48-20-9-12-30-59-48)43-31-36(15-7-10-27-55)42(19-8-11-28-56)49(50(43)52)44-32-39(23-26-46(44)62-52)61-38-21-24-40(64-3)25-22-38/h4-6,13-14,16-18,21-26,31-32,36,42,47-50,55-56H,1,7-12,15,19-20,27-30,33-34H2,2-3H3. The number of aliphatic hydroxyl groups is 2. The first-order valence-electron chi connectivity index (χ1n) is 22.9. The minimum Gasteiger partial charge on any atom is -0.459 e. The van der Waals surface area contributed by atoms with Crippen molar-refractivity contribution in [3.8, 4) is 17.2 Å². The maximum absolute atomic E-state index is 14.5. The third-order valence-electron chi connectivity index (χ3n) is 13.4. The predicted molar refractivity (Wildman–Crippen MR) is 250 cm³/mol. The number of rotatable bonds is 19. The molecule has 2 fully saturated rings. The highest BCUT2D eigenvalue weighted by Gasteiger charge is 2.65. The number of carbonyl (C=O) groups excluding carboxylic acids is 1. The summed E-state index contributed by atoms with van der Waals surface area (Å²) < 4.78 is 32.9. The molecule has 11 nitrogen and oxygen atoms in total. The van der Waals surface area contributed by atoms with Gasteiger partial charge in [-0.1, -0.05) is 72.6 Å². The number of aliphatic hydroxyl groups excluding tert-OH is 2. The van der Waals surface area contributed by atoms with Crippen LogP contribution in [0.4, 0.5) is 4.79 Å². The molecule has 8 rings (SSSR count). The van der Waals surface area contributed by atoms with Crippen molar-refractivity contribution in [1.82, 2.24) is 4.90 Å². The Balaban J connectivity index is 1.34. The van der Waals surface area contributed by atoms with E-state index in [2.05, 4.69) is 43.2 Å². The van der Waals surface area contributed by atoms with Gasteiger partial charge in [0.2, 0.25) is 12.1 Å². The average Bonchev–Trinajstić information content (AvgIpc) is 3.33. The topological polar surface area (TPSA) is 129 Å². The second kappa shape index (κ2) is 21.4. The molecular weight excluding hydrogens is 829 g/mol. The number of unbranched alkanes of at least 4 members (excludes halogenated alkanes) is 2. The molecule has 0 radical (unpaired) electrons. The van der Waals surface area contributed by atoms with E-state index in [1.165, 1.54) is 7.11 Å². The van der Waals surface area contributed by atoms with Crippen molar-refractivity contribution in [2.45, 2.75) is 99.7 Å². The molecule has 4 aliphatic rings. The van der Waals surface area contributed by atoms with Crippen molar-refractivity contribution in [1.29, 1.82) is 0 Å². The summed E-state index contributed by atoms with van der Waals surface area (Å²) in [6.07, 6.45) is 12.7. The lowest BCUT2D eigenvalue weighted by atomic mass is 9.55. The number of amides is 1. The molecular formula is C52H62N2O9S. The molecule has 0 bridgehead atoms. The summed E-state index contributed by atoms with van der Waals surface area (Å²) in [4.78, 5) is 23.8. The molecule has 1 amide bonds. The van der Waals surface area contributed by atoms with E-state index in [9.17, 15) is 15.0 Å². The molecule has 4 aromatic carbocycles. The van der Waals surface area contributed by atoms with Crippen molar-refractivity contribution in [2.75, 3.05) is 39.8 Å². The molecule has 7 unspecified atom stereocenters. The van der Waals surface area contributed by atoms with Crippen LogP contribution in [0.2, 0.25) is 0 Å². The van der Waals surface area contributed by atoms with Gasteiger partial charge in [0.25, 0.3) is 0 Å². The first-order valence-corrected chi connectivity index (χ1v) is 24.1. The Labute approximate surface area is 381 Å². The fourth-order valence-electron chi connectivity index (χ4n) is 10.4. The van der Waals surface area contributed by atoms with Crippen LogP contribution < -0.4 is 9.47 Å². The van der Waals surface area contributed by atoms with Crippen LogP contribution in [0.25, 0.3) is 10.8 Å². The minimum absolute atomic E-state index is 0.0525. The van der Waals surface area contributed by atoms with E-state index >= 15 is 0 Å². The van der Waals surface area contributed by atoms with Crippen LogP contribution in [-0.4, -0.2) is 84.8 Å². The number of carbonyl (C=O) groups is 1. The molecule has 2 aliphatic carbocycles. The first-order chi connectivity index (χ1) is 31.4. The normalized spacial score (nSPS) is 25.4. The summed E-state index contributed by atoms with van der Waals surface area (Å²) >= 11 is 1.68. The van der Waals surface area contributed by atoms with Crippen LogP contribution in [0.15, 0.2) is 119 Å². The molecule has 0 spiro atoms. The summed E-state index contributed by atoms with van der Waals surface area (Å²) in [6.45, 7) is 5.24. The number of oxime groups is 1. The van der Waals surface area contributed by atoms with Gasteiger partial charge in [0.05, 0.1) is 38.5 Å². The van der Waals surface area contributed by atoms with Crippen molar-refractivity contribution in [2.24, 2.45) is 22.9 Å². The second-order valence-electron chi connectivity index (χ2n) is 17.2. The zero-order valence-corrected chi connectivity index (χ0v) is 37.9. The molecule has 7 atom stereocenters. The maximum Gasteiger partial charge on any atom is 0.410 e. The summed E-state index contributed by atoms with van der Waals surface area (Å²) in [5.41, 5.74) is 3.58. The van der Waals surface area contributed by atoms with Gasteiger partial charge < -0.3 is 38.7 Å². The number of fused-ring (bicyclic) bond motifs is 3. The Kier molecular flexibility index (Phi) is 15.3. The van der Waals surface area contributed by atoms with Crippen LogP contribution in [0.3, 0.4) is 0 Å². The van der Waals surface area contributed by atoms with E-state index in [-0.39, 0.29) is 50.5 Å². The van der Waals surface area contributed by atoms with Gasteiger partial charge >= 0.3 is 6.09 Å². The van der Waals surface area contributed by atoms with E-state index < -0.39 is 30.1 Å². The van der Waals surface area contributed by atoms with Crippen LogP contribution in [-0.2, 0) is 25.6 Å². The third-order valence-corrected chi connectivity index (χ3v) is 14.1. The Morgan fingerprint density at radius 1 is 0.969 bits per heavy atom. The number of hydrogen-bond acceptors (Lipinski definition) is 11. The van der Waals surface area contributed by atoms with E-state index in [4.69, 9.17) is 33.7 Å². The lowest BCUT2D eigenvalue weighted by Gasteiger charge is -2.59. The average molecular weight is 891 g/mol. The van der Waals surface area contributed by atoms with Crippen molar-refractivity contribution in [3.05, 3.63) is 120 Å². The molecule has 2 aliphatic heterocycles. The van der Waals surface area contributed by atoms with Crippen LogP contribution in [0.1, 0.15) is 81.3 Å². The van der Waals surface area contributed by atoms with Crippen molar-refractivity contribution < 1.29 is 43.5 Å². The number of allylic oxidation sites excluding steroid dienone is 1. The smallest absolute Gasteiger partial charge is 0.410 e. The molecule has 0 aromatic heterocycles. The summed E-state index contributed by atoms with van der Waals surface area (Å²) in [5.74, 6) is 0.0161. The molecule has 340 valence electrons. The highest BCUT2D eigenvalue weighted by Crippen LogP contribution is 2.62. The van der Waals surface area contributed by atoms with Gasteiger partial charge in [0.1, 0.15) is 23.3 Å². The van der Waals surface area contributed by atoms with Gasteiger partial charge in [-0.2, -0.15) is 0 Å². The number of ether oxygens (including phenoxy) is 5. The van der Waals surface area contributed by atoms with Crippen LogP contribution in [0, 0.1) is 17.8 Å². The van der Waals surface area contributed by atoms with E-state index in [0.29, 0.717) is 36.7 Å². The van der Waals surface area contributed by atoms with Gasteiger partial charge in [0.15, 0.2) is 0 Å². The van der Waals surface area contributed by atoms with E-state index in [1.54, 1.807) is 22.7 Å². The molecule has 4 aromatic rings. The minimum atomic E-state index is -1.45. The Morgan fingerprint density at radius 3 is 2.50 bits per heavy atom. The zero-order valence-electron chi connectivity index (χ0n) is 37.1. The molecule has 64 heavy (non-hydrogen) atoms. The lowest BCUT2D eigenvalue weighted by Crippen LogP contribution is -2.70. The van der Waals surface area contributed by atoms with Gasteiger partial charge in [-0.3, -0.25) is 4.90 Å². The fourth-order valence-corrected chi connectivity index (χ4v) is 10.8. The second-order valence-corrected chi connectivity index (χ2v) is 18.1. The Bertz CT molecular complexity index is 2270. The van der Waals surface area contributed by atoms with Gasteiger partial charge in [0, 0.05) is 42.4 Å². The van der Waals surface area contributed by atoms with Crippen molar-refractivity contribution in [3.63, 3.8) is 0 Å². The summed E-state index contributed by atoms with van der Waals surface area (Å²) in [5, 5.41) is 27.1. The highest BCUT2D eigenvalue weighted by atomic mass is 32.2. The fraction of sp³-hybridized carbons (Fsp3) is 0.462. The largest absolute Gasteiger partial charge is 0.459 e. The number of benzene rings is 4. The van der Waals surface area contributed by atoms with E-state index in [0.717, 1.165) is 83.1 Å². The third kappa shape index (κ3) is 9.72. The quantitative estimate of drug-likeness (QED) is 0.0406. The SMILES string of the molecule is C=CCOC12Oc3ccc(Oc4ccc(SC)cc4)cc3C3C(CCCCO)C(CCCCO)C=C(C(=NOC4CCCCO4)CC1N(Cc1cccc4ccccc14)C(=O)OC)C32. The Morgan fingerprint density at radius 2 is 1.75 bits per heavy atom. The highest BCUT2D eigenvalue weighted by molar-refractivity contribution is 7.98. The monoisotopic (exact) mass is 890 g/mol. The van der Waals surface area contributed by atoms with Gasteiger partial charge in [-0.05, 0) is 121 Å². The zero-order chi connectivity index (χ0) is 44.5. The predicted octanol–water partition coefficient (Wildman–Crippen LogP) is 10.8. The summed E-state index contributed by atoms with van der Waals surface area (Å²) in [7, 11) is 1.41. The number of nitrogens with zero attached hydrogens (tertiary/aromatic N) is 2. The summed E-state index contributed by atoms with van der Waals surface area (Å²) in [6, 6.07) is 27.6.